The lowest BCUT2D eigenvalue weighted by molar-refractivity contribution is 0.191. The third-order valence-electron chi connectivity index (χ3n) is 3.46. The van der Waals surface area contributed by atoms with Crippen molar-refractivity contribution in [3.05, 3.63) is 26.6 Å². The van der Waals surface area contributed by atoms with Crippen LogP contribution in [-0.4, -0.2) is 34.7 Å². The minimum Gasteiger partial charge on any atom is -0.304 e. The molecule has 0 saturated carbocycles. The summed E-state index contributed by atoms with van der Waals surface area (Å²) in [6.07, 6.45) is 3.42. The Morgan fingerprint density at radius 1 is 1.53 bits per heavy atom. The Hall–Kier alpha value is -0.680. The Morgan fingerprint density at radius 2 is 2.24 bits per heavy atom. The Bertz CT molecular complexity index is 424. The summed E-state index contributed by atoms with van der Waals surface area (Å²) in [4.78, 5) is 13.7. The lowest BCUT2D eigenvalue weighted by Gasteiger charge is -2.30. The number of halogens is 1. The highest BCUT2D eigenvalue weighted by atomic mass is 79.9. The molecule has 1 N–H and O–H groups in total. The first kappa shape index (κ1) is 12.8. The average Bonchev–Trinajstić information content (AvgIpc) is 2.35. The van der Waals surface area contributed by atoms with Crippen LogP contribution < -0.4 is 5.56 Å². The van der Waals surface area contributed by atoms with Gasteiger partial charge in [0.2, 0.25) is 0 Å². The number of rotatable bonds is 3. The van der Waals surface area contributed by atoms with Gasteiger partial charge in [0, 0.05) is 0 Å². The van der Waals surface area contributed by atoms with Crippen molar-refractivity contribution in [1.82, 2.24) is 15.1 Å². The fourth-order valence-electron chi connectivity index (χ4n) is 2.33. The SMILES string of the molecule is CCN1CCC(Cc2cc(Br)c(=O)[nH]n2)CC1. The molecule has 0 bridgehead atoms. The van der Waals surface area contributed by atoms with Crippen molar-refractivity contribution in [2.24, 2.45) is 5.92 Å². The van der Waals surface area contributed by atoms with Crippen LogP contribution in [-0.2, 0) is 6.42 Å². The van der Waals surface area contributed by atoms with Gasteiger partial charge in [-0.1, -0.05) is 6.92 Å². The Labute approximate surface area is 110 Å². The van der Waals surface area contributed by atoms with Crippen LogP contribution in [0.3, 0.4) is 0 Å². The average molecular weight is 300 g/mol. The van der Waals surface area contributed by atoms with E-state index in [9.17, 15) is 4.79 Å². The van der Waals surface area contributed by atoms with E-state index in [4.69, 9.17) is 0 Å². The van der Waals surface area contributed by atoms with Crippen LogP contribution in [0.25, 0.3) is 0 Å². The maximum Gasteiger partial charge on any atom is 0.278 e. The second kappa shape index (κ2) is 5.78. The number of nitrogens with zero attached hydrogens (tertiary/aromatic N) is 2. The second-order valence-corrected chi connectivity index (χ2v) is 5.47. The summed E-state index contributed by atoms with van der Waals surface area (Å²) in [5.41, 5.74) is 0.820. The standard InChI is InChI=1S/C12H18BrN3O/c1-2-16-5-3-9(4-6-16)7-10-8-11(13)12(17)15-14-10/h8-9H,2-7H2,1H3,(H,15,17). The van der Waals surface area contributed by atoms with Gasteiger partial charge in [0.1, 0.15) is 0 Å². The van der Waals surface area contributed by atoms with Gasteiger partial charge in [0.05, 0.1) is 10.2 Å². The number of hydrogen-bond donors (Lipinski definition) is 1. The first-order valence-electron chi connectivity index (χ1n) is 6.15. The molecule has 0 amide bonds. The number of aromatic amines is 1. The summed E-state index contributed by atoms with van der Waals surface area (Å²) in [6.45, 7) is 5.73. The summed E-state index contributed by atoms with van der Waals surface area (Å²) in [6, 6.07) is 1.84. The topological polar surface area (TPSA) is 49.0 Å². The van der Waals surface area contributed by atoms with Crippen LogP contribution >= 0.6 is 15.9 Å². The molecular formula is C12H18BrN3O. The van der Waals surface area contributed by atoms with Crippen molar-refractivity contribution >= 4 is 15.9 Å². The number of H-pyrrole nitrogens is 1. The first-order chi connectivity index (χ1) is 8.19. The molecule has 2 rings (SSSR count). The Balaban J connectivity index is 1.93. The lowest BCUT2D eigenvalue weighted by Crippen LogP contribution is -2.34. The molecule has 1 aliphatic rings. The third kappa shape index (κ3) is 3.39. The molecule has 17 heavy (non-hydrogen) atoms. The highest BCUT2D eigenvalue weighted by Gasteiger charge is 2.19. The van der Waals surface area contributed by atoms with Gasteiger partial charge in [0.15, 0.2) is 0 Å². The molecular weight excluding hydrogens is 282 g/mol. The van der Waals surface area contributed by atoms with E-state index >= 15 is 0 Å². The van der Waals surface area contributed by atoms with Gasteiger partial charge in [0.25, 0.3) is 5.56 Å². The molecule has 0 spiro atoms. The van der Waals surface area contributed by atoms with Crippen LogP contribution in [0.15, 0.2) is 15.3 Å². The number of aromatic nitrogens is 2. The Kier molecular flexibility index (Phi) is 4.34. The lowest BCUT2D eigenvalue weighted by atomic mass is 9.92. The van der Waals surface area contributed by atoms with Crippen molar-refractivity contribution in [2.45, 2.75) is 26.2 Å². The highest BCUT2D eigenvalue weighted by Crippen LogP contribution is 2.20. The molecule has 5 heteroatoms. The predicted octanol–water partition coefficient (Wildman–Crippen LogP) is 1.81. The van der Waals surface area contributed by atoms with Crippen molar-refractivity contribution in [3.63, 3.8) is 0 Å². The summed E-state index contributed by atoms with van der Waals surface area (Å²) >= 11 is 3.24. The van der Waals surface area contributed by atoms with Gasteiger partial charge in [-0.25, -0.2) is 5.10 Å². The number of likely N-dealkylation sites (tertiary alicyclic amines) is 1. The van der Waals surface area contributed by atoms with Crippen molar-refractivity contribution < 1.29 is 0 Å². The predicted molar refractivity (Wildman–Crippen MR) is 71.1 cm³/mol. The monoisotopic (exact) mass is 299 g/mol. The second-order valence-electron chi connectivity index (χ2n) is 4.62. The smallest absolute Gasteiger partial charge is 0.278 e. The van der Waals surface area contributed by atoms with Crippen LogP contribution in [0, 0.1) is 5.92 Å². The number of piperidine rings is 1. The molecule has 1 aromatic heterocycles. The fourth-order valence-corrected chi connectivity index (χ4v) is 2.68. The van der Waals surface area contributed by atoms with E-state index in [2.05, 4.69) is 38.0 Å². The van der Waals surface area contributed by atoms with E-state index in [0.717, 1.165) is 18.7 Å². The fraction of sp³-hybridized carbons (Fsp3) is 0.667. The third-order valence-corrected chi connectivity index (χ3v) is 4.05. The largest absolute Gasteiger partial charge is 0.304 e. The molecule has 1 fully saturated rings. The maximum absolute atomic E-state index is 11.2. The zero-order valence-electron chi connectivity index (χ0n) is 10.1. The molecule has 0 aromatic carbocycles. The van der Waals surface area contributed by atoms with Crippen LogP contribution in [0.4, 0.5) is 0 Å². The molecule has 1 aromatic rings. The van der Waals surface area contributed by atoms with Gasteiger partial charge in [-0.3, -0.25) is 4.79 Å². The van der Waals surface area contributed by atoms with Crippen LogP contribution in [0.5, 0.6) is 0 Å². The maximum atomic E-state index is 11.2. The molecule has 94 valence electrons. The summed E-state index contributed by atoms with van der Waals surface area (Å²) in [5.74, 6) is 0.697. The molecule has 0 radical (unpaired) electrons. The first-order valence-corrected chi connectivity index (χ1v) is 6.94. The van der Waals surface area contributed by atoms with E-state index < -0.39 is 0 Å². The minimum absolute atomic E-state index is 0.158. The molecule has 1 aliphatic heterocycles. The Morgan fingerprint density at radius 3 is 2.82 bits per heavy atom. The van der Waals surface area contributed by atoms with Crippen molar-refractivity contribution in [2.75, 3.05) is 19.6 Å². The van der Waals surface area contributed by atoms with Gasteiger partial charge in [-0.05, 0) is 66.8 Å². The van der Waals surface area contributed by atoms with Crippen LogP contribution in [0.2, 0.25) is 0 Å². The van der Waals surface area contributed by atoms with E-state index in [0.29, 0.717) is 10.4 Å². The van der Waals surface area contributed by atoms with Crippen molar-refractivity contribution in [1.29, 1.82) is 0 Å². The van der Waals surface area contributed by atoms with E-state index in [1.54, 1.807) is 0 Å². The van der Waals surface area contributed by atoms with Gasteiger partial charge in [-0.2, -0.15) is 5.10 Å². The normalized spacial score (nSPS) is 18.5. The molecule has 0 aliphatic carbocycles. The number of nitrogens with one attached hydrogen (secondary N) is 1. The zero-order valence-corrected chi connectivity index (χ0v) is 11.7. The summed E-state index contributed by atoms with van der Waals surface area (Å²) in [5, 5.41) is 6.61. The van der Waals surface area contributed by atoms with Crippen molar-refractivity contribution in [3.8, 4) is 0 Å². The quantitative estimate of drug-likeness (QED) is 0.926. The van der Waals surface area contributed by atoms with Gasteiger partial charge < -0.3 is 4.90 Å². The minimum atomic E-state index is -0.158. The summed E-state index contributed by atoms with van der Waals surface area (Å²) < 4.78 is 0.577. The van der Waals surface area contributed by atoms with Gasteiger partial charge in [-0.15, -0.1) is 0 Å². The molecule has 0 atom stereocenters. The number of hydrogen-bond acceptors (Lipinski definition) is 3. The molecule has 4 nitrogen and oxygen atoms in total. The van der Waals surface area contributed by atoms with E-state index in [-0.39, 0.29) is 5.56 Å². The van der Waals surface area contributed by atoms with E-state index in [1.165, 1.54) is 25.9 Å². The highest BCUT2D eigenvalue weighted by molar-refractivity contribution is 9.10. The zero-order chi connectivity index (χ0) is 12.3. The van der Waals surface area contributed by atoms with E-state index in [1.807, 2.05) is 6.07 Å². The van der Waals surface area contributed by atoms with Gasteiger partial charge >= 0.3 is 0 Å². The van der Waals surface area contributed by atoms with Crippen LogP contribution in [0.1, 0.15) is 25.5 Å². The molecule has 0 unspecified atom stereocenters. The molecule has 1 saturated heterocycles. The molecule has 2 heterocycles. The summed E-state index contributed by atoms with van der Waals surface area (Å²) in [7, 11) is 0.